The van der Waals surface area contributed by atoms with Gasteiger partial charge in [0.2, 0.25) is 5.91 Å². The predicted molar refractivity (Wildman–Crippen MR) is 84.2 cm³/mol. The van der Waals surface area contributed by atoms with Gasteiger partial charge in [0.25, 0.3) is 0 Å². The normalized spacial score (nSPS) is 24.8. The second-order valence-electron chi connectivity index (χ2n) is 6.28. The van der Waals surface area contributed by atoms with Crippen LogP contribution in [0.2, 0.25) is 0 Å². The molecule has 2 heterocycles. The lowest BCUT2D eigenvalue weighted by Crippen LogP contribution is -2.46. The molecule has 1 N–H and O–H groups in total. The van der Waals surface area contributed by atoms with E-state index in [9.17, 15) is 4.79 Å². The molecule has 1 saturated heterocycles. The number of hydrogen-bond donors (Lipinski definition) is 1. The van der Waals surface area contributed by atoms with Crippen molar-refractivity contribution >= 4 is 5.91 Å². The van der Waals surface area contributed by atoms with Crippen molar-refractivity contribution in [3.05, 3.63) is 24.3 Å². The third-order valence-electron chi connectivity index (χ3n) is 4.20. The zero-order valence-corrected chi connectivity index (χ0v) is 13.1. The molecule has 0 unspecified atom stereocenters. The Kier molecular flexibility index (Phi) is 4.83. The van der Waals surface area contributed by atoms with Gasteiger partial charge in [-0.15, -0.1) is 0 Å². The highest BCUT2D eigenvalue weighted by molar-refractivity contribution is 5.78. The SMILES string of the molecule is C[C@H]1CCCN(CC(=O)NC[C@H]2COc3ccccc3O2)C1. The van der Waals surface area contributed by atoms with Gasteiger partial charge in [-0.1, -0.05) is 19.1 Å². The summed E-state index contributed by atoms with van der Waals surface area (Å²) in [6.45, 7) is 5.72. The molecule has 22 heavy (non-hydrogen) atoms. The van der Waals surface area contributed by atoms with Crippen LogP contribution in [0.25, 0.3) is 0 Å². The molecule has 3 rings (SSSR count). The third kappa shape index (κ3) is 3.91. The fraction of sp³-hybridized carbons (Fsp3) is 0.588. The van der Waals surface area contributed by atoms with E-state index in [0.717, 1.165) is 24.6 Å². The standard InChI is InChI=1S/C17H24N2O3/c1-13-5-4-8-19(10-13)11-17(20)18-9-14-12-21-15-6-2-3-7-16(15)22-14/h2-3,6-7,13-14H,4-5,8-12H2,1H3,(H,18,20)/t13-,14-/m0/s1. The highest BCUT2D eigenvalue weighted by Crippen LogP contribution is 2.30. The van der Waals surface area contributed by atoms with E-state index in [1.165, 1.54) is 12.8 Å². The largest absolute Gasteiger partial charge is 0.486 e. The van der Waals surface area contributed by atoms with E-state index in [1.807, 2.05) is 24.3 Å². The number of fused-ring (bicyclic) bond motifs is 1. The zero-order chi connectivity index (χ0) is 15.4. The molecule has 5 nitrogen and oxygen atoms in total. The summed E-state index contributed by atoms with van der Waals surface area (Å²) < 4.78 is 11.5. The van der Waals surface area contributed by atoms with Crippen LogP contribution in [0.4, 0.5) is 0 Å². The highest BCUT2D eigenvalue weighted by atomic mass is 16.6. The summed E-state index contributed by atoms with van der Waals surface area (Å²) in [7, 11) is 0. The van der Waals surface area contributed by atoms with Crippen molar-refractivity contribution in [1.29, 1.82) is 0 Å². The van der Waals surface area contributed by atoms with Crippen molar-refractivity contribution < 1.29 is 14.3 Å². The van der Waals surface area contributed by atoms with Crippen molar-refractivity contribution in [2.45, 2.75) is 25.9 Å². The summed E-state index contributed by atoms with van der Waals surface area (Å²) in [5.74, 6) is 2.27. The monoisotopic (exact) mass is 304 g/mol. The number of para-hydroxylation sites is 2. The molecule has 0 saturated carbocycles. The number of ether oxygens (including phenoxy) is 2. The van der Waals surface area contributed by atoms with Crippen molar-refractivity contribution in [3.8, 4) is 11.5 Å². The summed E-state index contributed by atoms with van der Waals surface area (Å²) in [4.78, 5) is 14.3. The number of nitrogens with one attached hydrogen (secondary N) is 1. The number of nitrogens with zero attached hydrogens (tertiary/aromatic N) is 1. The molecular formula is C17H24N2O3. The maximum absolute atomic E-state index is 12.1. The summed E-state index contributed by atoms with van der Waals surface area (Å²) in [5.41, 5.74) is 0. The van der Waals surface area contributed by atoms with Gasteiger partial charge in [0.1, 0.15) is 12.7 Å². The Balaban J connectivity index is 1.42. The van der Waals surface area contributed by atoms with Gasteiger partial charge in [-0.05, 0) is 37.4 Å². The molecule has 0 bridgehead atoms. The number of carbonyl (C=O) groups excluding carboxylic acids is 1. The second kappa shape index (κ2) is 7.01. The molecule has 0 radical (unpaired) electrons. The number of piperidine rings is 1. The maximum atomic E-state index is 12.1. The number of likely N-dealkylation sites (tertiary alicyclic amines) is 1. The lowest BCUT2D eigenvalue weighted by Gasteiger charge is -2.30. The van der Waals surface area contributed by atoms with Crippen molar-refractivity contribution in [1.82, 2.24) is 10.2 Å². The average molecular weight is 304 g/mol. The van der Waals surface area contributed by atoms with Gasteiger partial charge >= 0.3 is 0 Å². The first-order chi connectivity index (χ1) is 10.7. The number of amides is 1. The van der Waals surface area contributed by atoms with Gasteiger partial charge in [0.15, 0.2) is 11.5 Å². The minimum atomic E-state index is -0.126. The Morgan fingerprint density at radius 2 is 2.18 bits per heavy atom. The van der Waals surface area contributed by atoms with Gasteiger partial charge in [-0.3, -0.25) is 9.69 Å². The van der Waals surface area contributed by atoms with Crippen LogP contribution < -0.4 is 14.8 Å². The molecular weight excluding hydrogens is 280 g/mol. The first kappa shape index (κ1) is 15.2. The fourth-order valence-electron chi connectivity index (χ4n) is 3.08. The smallest absolute Gasteiger partial charge is 0.234 e. The molecule has 1 amide bonds. The molecule has 1 aromatic carbocycles. The van der Waals surface area contributed by atoms with E-state index in [4.69, 9.17) is 9.47 Å². The van der Waals surface area contributed by atoms with Gasteiger partial charge in [-0.2, -0.15) is 0 Å². The quantitative estimate of drug-likeness (QED) is 0.919. The molecule has 1 aromatic rings. The second-order valence-corrected chi connectivity index (χ2v) is 6.28. The van der Waals surface area contributed by atoms with E-state index in [-0.39, 0.29) is 12.0 Å². The van der Waals surface area contributed by atoms with E-state index in [1.54, 1.807) is 0 Å². The Labute approximate surface area is 131 Å². The van der Waals surface area contributed by atoms with Gasteiger partial charge in [0.05, 0.1) is 13.1 Å². The van der Waals surface area contributed by atoms with Crippen LogP contribution in [0.3, 0.4) is 0 Å². The molecule has 2 atom stereocenters. The molecule has 0 aliphatic carbocycles. The van der Waals surface area contributed by atoms with E-state index in [2.05, 4.69) is 17.1 Å². The topological polar surface area (TPSA) is 50.8 Å². The summed E-state index contributed by atoms with van der Waals surface area (Å²) in [6.07, 6.45) is 2.33. The van der Waals surface area contributed by atoms with E-state index < -0.39 is 0 Å². The van der Waals surface area contributed by atoms with Crippen molar-refractivity contribution in [2.75, 3.05) is 32.8 Å². The van der Waals surface area contributed by atoms with Gasteiger partial charge in [0, 0.05) is 6.54 Å². The number of benzene rings is 1. The molecule has 2 aliphatic rings. The van der Waals surface area contributed by atoms with Crippen molar-refractivity contribution in [2.24, 2.45) is 5.92 Å². The van der Waals surface area contributed by atoms with E-state index in [0.29, 0.717) is 25.6 Å². The maximum Gasteiger partial charge on any atom is 0.234 e. The minimum absolute atomic E-state index is 0.0663. The average Bonchev–Trinajstić information content (AvgIpc) is 2.53. The van der Waals surface area contributed by atoms with Crippen LogP contribution in [0.5, 0.6) is 11.5 Å². The van der Waals surface area contributed by atoms with Crippen LogP contribution in [-0.2, 0) is 4.79 Å². The first-order valence-electron chi connectivity index (χ1n) is 8.08. The Hall–Kier alpha value is -1.75. The Morgan fingerprint density at radius 1 is 1.36 bits per heavy atom. The van der Waals surface area contributed by atoms with Gasteiger partial charge < -0.3 is 14.8 Å². The fourth-order valence-corrected chi connectivity index (χ4v) is 3.08. The number of carbonyl (C=O) groups is 1. The van der Waals surface area contributed by atoms with Crippen LogP contribution in [-0.4, -0.2) is 49.7 Å². The van der Waals surface area contributed by atoms with Crippen LogP contribution in [0, 0.1) is 5.92 Å². The van der Waals surface area contributed by atoms with Crippen LogP contribution in [0.1, 0.15) is 19.8 Å². The number of hydrogen-bond acceptors (Lipinski definition) is 4. The summed E-state index contributed by atoms with van der Waals surface area (Å²) in [5, 5.41) is 2.96. The van der Waals surface area contributed by atoms with Crippen LogP contribution in [0.15, 0.2) is 24.3 Å². The highest BCUT2D eigenvalue weighted by Gasteiger charge is 2.22. The Morgan fingerprint density at radius 3 is 3.00 bits per heavy atom. The number of rotatable bonds is 4. The molecule has 5 heteroatoms. The molecule has 0 spiro atoms. The molecule has 120 valence electrons. The first-order valence-corrected chi connectivity index (χ1v) is 8.08. The minimum Gasteiger partial charge on any atom is -0.486 e. The summed E-state index contributed by atoms with van der Waals surface area (Å²) >= 11 is 0. The summed E-state index contributed by atoms with van der Waals surface area (Å²) in [6, 6.07) is 7.62. The van der Waals surface area contributed by atoms with E-state index >= 15 is 0 Å². The molecule has 1 fully saturated rings. The predicted octanol–water partition coefficient (Wildman–Crippen LogP) is 1.67. The zero-order valence-electron chi connectivity index (χ0n) is 13.1. The van der Waals surface area contributed by atoms with Crippen molar-refractivity contribution in [3.63, 3.8) is 0 Å². The Bertz CT molecular complexity index is 520. The van der Waals surface area contributed by atoms with Crippen LogP contribution >= 0.6 is 0 Å². The van der Waals surface area contributed by atoms with Gasteiger partial charge in [-0.25, -0.2) is 0 Å². The third-order valence-corrected chi connectivity index (χ3v) is 4.20. The lowest BCUT2D eigenvalue weighted by molar-refractivity contribution is -0.123. The molecule has 0 aromatic heterocycles. The molecule has 2 aliphatic heterocycles. The lowest BCUT2D eigenvalue weighted by atomic mass is 10.0.